The molecule has 0 atom stereocenters. The normalized spacial score (nSPS) is 10.8. The molecule has 0 radical (unpaired) electrons. The third-order valence-corrected chi connectivity index (χ3v) is 2.02. The van der Waals surface area contributed by atoms with Crippen LogP contribution < -0.4 is 0 Å². The average Bonchev–Trinajstić information content (AvgIpc) is 2.20. The van der Waals surface area contributed by atoms with Crippen molar-refractivity contribution in [1.29, 1.82) is 5.41 Å². The van der Waals surface area contributed by atoms with Crippen LogP contribution in [0.2, 0.25) is 0 Å². The number of aliphatic imine (C=N–C) groups is 1. The first-order valence-electron chi connectivity index (χ1n) is 5.01. The molecule has 15 heavy (non-hydrogen) atoms. The Kier molecular flexibility index (Phi) is 4.68. The van der Waals surface area contributed by atoms with Gasteiger partial charge in [0.15, 0.2) is 0 Å². The van der Waals surface area contributed by atoms with Crippen LogP contribution in [0.15, 0.2) is 29.3 Å². The van der Waals surface area contributed by atoms with Gasteiger partial charge in [-0.05, 0) is 37.8 Å². The first-order chi connectivity index (χ1) is 7.20. The van der Waals surface area contributed by atoms with E-state index in [0.29, 0.717) is 5.84 Å². The fourth-order valence-corrected chi connectivity index (χ4v) is 1.29. The quantitative estimate of drug-likeness (QED) is 0.446. The average molecular weight is 206 g/mol. The minimum atomic E-state index is -0.141. The summed E-state index contributed by atoms with van der Waals surface area (Å²) in [5.41, 5.74) is 0.748. The van der Waals surface area contributed by atoms with Crippen LogP contribution in [0.5, 0.6) is 0 Å². The van der Waals surface area contributed by atoms with Gasteiger partial charge in [-0.25, -0.2) is 9.38 Å². The Morgan fingerprint density at radius 3 is 2.87 bits per heavy atom. The van der Waals surface area contributed by atoms with Crippen molar-refractivity contribution in [3.63, 3.8) is 0 Å². The minimum Gasteiger partial charge on any atom is -0.287 e. The van der Waals surface area contributed by atoms with Crippen LogP contribution in [0.3, 0.4) is 0 Å². The lowest BCUT2D eigenvalue weighted by Gasteiger charge is -2.00. The second kappa shape index (κ2) is 6.06. The van der Waals surface area contributed by atoms with Gasteiger partial charge in [0.2, 0.25) is 0 Å². The van der Waals surface area contributed by atoms with Crippen LogP contribution in [0, 0.1) is 11.2 Å². The molecule has 0 amide bonds. The number of hydrogen-bond acceptors (Lipinski definition) is 1. The predicted octanol–water partition coefficient (Wildman–Crippen LogP) is 3.22. The highest BCUT2D eigenvalue weighted by Crippen LogP contribution is 2.09. The molecule has 0 aliphatic rings. The van der Waals surface area contributed by atoms with E-state index in [1.54, 1.807) is 25.3 Å². The SMILES string of the molecule is CC(=N)/N=C/CCCc1ccccc1F. The van der Waals surface area contributed by atoms with Crippen molar-refractivity contribution in [2.75, 3.05) is 0 Å². The van der Waals surface area contributed by atoms with Crippen LogP contribution in [0.4, 0.5) is 4.39 Å². The Hall–Kier alpha value is -1.51. The molecule has 0 aliphatic carbocycles. The summed E-state index contributed by atoms with van der Waals surface area (Å²) in [5, 5.41) is 7.07. The fourth-order valence-electron chi connectivity index (χ4n) is 1.29. The van der Waals surface area contributed by atoms with Gasteiger partial charge in [-0.1, -0.05) is 18.2 Å². The largest absolute Gasteiger partial charge is 0.287 e. The van der Waals surface area contributed by atoms with Crippen molar-refractivity contribution in [2.45, 2.75) is 26.2 Å². The van der Waals surface area contributed by atoms with E-state index in [4.69, 9.17) is 5.41 Å². The molecule has 1 aromatic carbocycles. The second-order valence-corrected chi connectivity index (χ2v) is 3.38. The zero-order chi connectivity index (χ0) is 11.1. The number of hydrogen-bond donors (Lipinski definition) is 1. The van der Waals surface area contributed by atoms with Crippen LogP contribution in [0.25, 0.3) is 0 Å². The lowest BCUT2D eigenvalue weighted by Crippen LogP contribution is -1.91. The summed E-state index contributed by atoms with van der Waals surface area (Å²) in [6.07, 6.45) is 4.07. The van der Waals surface area contributed by atoms with Gasteiger partial charge in [0.1, 0.15) is 11.7 Å². The first-order valence-corrected chi connectivity index (χ1v) is 5.01. The van der Waals surface area contributed by atoms with Gasteiger partial charge in [0.05, 0.1) is 0 Å². The van der Waals surface area contributed by atoms with Crippen molar-refractivity contribution in [2.24, 2.45) is 4.99 Å². The summed E-state index contributed by atoms with van der Waals surface area (Å²) in [7, 11) is 0. The molecule has 1 N–H and O–H groups in total. The molecule has 0 saturated heterocycles. The van der Waals surface area contributed by atoms with Gasteiger partial charge in [-0.3, -0.25) is 5.41 Å². The van der Waals surface area contributed by atoms with E-state index in [1.807, 2.05) is 6.07 Å². The molecule has 0 saturated carbocycles. The van der Waals surface area contributed by atoms with Gasteiger partial charge in [0, 0.05) is 6.21 Å². The van der Waals surface area contributed by atoms with Gasteiger partial charge < -0.3 is 0 Å². The van der Waals surface area contributed by atoms with Crippen molar-refractivity contribution in [1.82, 2.24) is 0 Å². The Bertz CT molecular complexity index is 358. The van der Waals surface area contributed by atoms with Gasteiger partial charge in [-0.2, -0.15) is 0 Å². The molecule has 2 nitrogen and oxygen atoms in total. The van der Waals surface area contributed by atoms with E-state index >= 15 is 0 Å². The van der Waals surface area contributed by atoms with E-state index in [9.17, 15) is 4.39 Å². The Balaban J connectivity index is 2.32. The molecule has 0 unspecified atom stereocenters. The Morgan fingerprint density at radius 1 is 1.47 bits per heavy atom. The zero-order valence-corrected chi connectivity index (χ0v) is 8.83. The highest BCUT2D eigenvalue weighted by atomic mass is 19.1. The number of aryl methyl sites for hydroxylation is 1. The van der Waals surface area contributed by atoms with Crippen molar-refractivity contribution >= 4 is 12.1 Å². The summed E-state index contributed by atoms with van der Waals surface area (Å²) in [5.74, 6) is 0.165. The van der Waals surface area contributed by atoms with E-state index in [0.717, 1.165) is 24.8 Å². The van der Waals surface area contributed by atoms with E-state index in [-0.39, 0.29) is 5.82 Å². The third-order valence-electron chi connectivity index (χ3n) is 2.02. The van der Waals surface area contributed by atoms with Crippen LogP contribution in [-0.2, 0) is 6.42 Å². The van der Waals surface area contributed by atoms with Gasteiger partial charge in [-0.15, -0.1) is 0 Å². The Morgan fingerprint density at radius 2 is 2.20 bits per heavy atom. The minimum absolute atomic E-state index is 0.141. The smallest absolute Gasteiger partial charge is 0.126 e. The summed E-state index contributed by atoms with van der Waals surface area (Å²) < 4.78 is 13.2. The predicted molar refractivity (Wildman–Crippen MR) is 61.2 cm³/mol. The molecule has 0 spiro atoms. The van der Waals surface area contributed by atoms with E-state index in [1.165, 1.54) is 6.07 Å². The van der Waals surface area contributed by atoms with Gasteiger partial charge in [0.25, 0.3) is 0 Å². The number of amidine groups is 1. The molecule has 0 heterocycles. The topological polar surface area (TPSA) is 36.2 Å². The summed E-state index contributed by atoms with van der Waals surface area (Å²) in [4.78, 5) is 3.84. The number of benzene rings is 1. The molecule has 0 aromatic heterocycles. The summed E-state index contributed by atoms with van der Waals surface area (Å²) in [6, 6.07) is 6.81. The molecular formula is C12H15FN2. The lowest BCUT2D eigenvalue weighted by molar-refractivity contribution is 0.606. The van der Waals surface area contributed by atoms with Gasteiger partial charge >= 0.3 is 0 Å². The number of halogens is 1. The maximum absolute atomic E-state index is 13.2. The molecule has 0 fully saturated rings. The van der Waals surface area contributed by atoms with Crippen molar-refractivity contribution in [3.8, 4) is 0 Å². The number of rotatable bonds is 4. The monoisotopic (exact) mass is 206 g/mol. The Labute approximate surface area is 89.4 Å². The van der Waals surface area contributed by atoms with Crippen molar-refractivity contribution in [3.05, 3.63) is 35.6 Å². The fraction of sp³-hybridized carbons (Fsp3) is 0.333. The van der Waals surface area contributed by atoms with Crippen molar-refractivity contribution < 1.29 is 4.39 Å². The highest BCUT2D eigenvalue weighted by molar-refractivity contribution is 5.84. The molecule has 0 aliphatic heterocycles. The maximum Gasteiger partial charge on any atom is 0.126 e. The first kappa shape index (κ1) is 11.6. The molecule has 80 valence electrons. The number of nitrogens with one attached hydrogen (secondary N) is 1. The molecule has 1 aromatic rings. The van der Waals surface area contributed by atoms with E-state index < -0.39 is 0 Å². The zero-order valence-electron chi connectivity index (χ0n) is 8.83. The molecule has 1 rings (SSSR count). The number of unbranched alkanes of at least 4 members (excludes halogenated alkanes) is 1. The maximum atomic E-state index is 13.2. The van der Waals surface area contributed by atoms with Crippen LogP contribution >= 0.6 is 0 Å². The number of nitrogens with zero attached hydrogens (tertiary/aromatic N) is 1. The molecule has 0 bridgehead atoms. The van der Waals surface area contributed by atoms with Crippen LogP contribution in [0.1, 0.15) is 25.3 Å². The lowest BCUT2D eigenvalue weighted by atomic mass is 10.1. The third kappa shape index (κ3) is 4.49. The standard InChI is InChI=1S/C12H15FN2/c1-10(14)15-9-5-4-7-11-6-2-3-8-12(11)13/h2-3,6,8-9,14H,4-5,7H2,1H3/b14-10?,15-9+. The summed E-state index contributed by atoms with van der Waals surface area (Å²) >= 11 is 0. The van der Waals surface area contributed by atoms with Crippen LogP contribution in [-0.4, -0.2) is 12.1 Å². The molecule has 3 heteroatoms. The van der Waals surface area contributed by atoms with E-state index in [2.05, 4.69) is 4.99 Å². The second-order valence-electron chi connectivity index (χ2n) is 3.38. The highest BCUT2D eigenvalue weighted by Gasteiger charge is 1.98. The molecular weight excluding hydrogens is 191 g/mol. The summed E-state index contributed by atoms with van der Waals surface area (Å²) in [6.45, 7) is 1.63.